The van der Waals surface area contributed by atoms with E-state index in [1.165, 1.54) is 25.1 Å². The fourth-order valence-corrected chi connectivity index (χ4v) is 2.66. The van der Waals surface area contributed by atoms with E-state index in [0.717, 1.165) is 0 Å². The molecule has 0 spiro atoms. The van der Waals surface area contributed by atoms with Gasteiger partial charge in [0, 0.05) is 17.6 Å². The molecule has 0 saturated heterocycles. The van der Waals surface area contributed by atoms with Crippen LogP contribution in [0.1, 0.15) is 30.5 Å². The fraction of sp³-hybridized carbons (Fsp3) is 0.222. The number of aryl methyl sites for hydroxylation is 1. The Morgan fingerprint density at radius 2 is 1.92 bits per heavy atom. The predicted molar refractivity (Wildman–Crippen MR) is 92.4 cm³/mol. The van der Waals surface area contributed by atoms with Crippen LogP contribution in [-0.4, -0.2) is 11.8 Å². The minimum atomic E-state index is -0.544. The standard InChI is InChI=1S/C18H18ClFN2O2/c1-11-9-13(20)7-8-16(11)22-18(24)10-17(21-12(2)23)14-5-3-4-6-15(14)19/h3-9,17H,10H2,1-2H3,(H,21,23)(H,22,24)/t17-/m1/s1. The quantitative estimate of drug-likeness (QED) is 0.858. The first-order chi connectivity index (χ1) is 11.4. The van der Waals surface area contributed by atoms with E-state index in [1.54, 1.807) is 31.2 Å². The van der Waals surface area contributed by atoms with Crippen LogP contribution in [0.25, 0.3) is 0 Å². The minimum Gasteiger partial charge on any atom is -0.349 e. The van der Waals surface area contributed by atoms with Crippen LogP contribution in [0, 0.1) is 12.7 Å². The van der Waals surface area contributed by atoms with Crippen molar-refractivity contribution < 1.29 is 14.0 Å². The molecule has 6 heteroatoms. The first-order valence-corrected chi connectivity index (χ1v) is 7.82. The van der Waals surface area contributed by atoms with Gasteiger partial charge in [-0.1, -0.05) is 29.8 Å². The summed E-state index contributed by atoms with van der Waals surface area (Å²) in [6, 6.07) is 10.6. The van der Waals surface area contributed by atoms with Crippen molar-refractivity contribution in [1.29, 1.82) is 0 Å². The molecule has 0 saturated carbocycles. The van der Waals surface area contributed by atoms with Gasteiger partial charge in [0.05, 0.1) is 12.5 Å². The molecule has 0 heterocycles. The molecule has 2 N–H and O–H groups in total. The van der Waals surface area contributed by atoms with E-state index in [4.69, 9.17) is 11.6 Å². The molecule has 0 aliphatic rings. The lowest BCUT2D eigenvalue weighted by molar-refractivity contribution is -0.120. The van der Waals surface area contributed by atoms with E-state index >= 15 is 0 Å². The zero-order valence-corrected chi connectivity index (χ0v) is 14.2. The van der Waals surface area contributed by atoms with Gasteiger partial charge in [-0.25, -0.2) is 4.39 Å². The van der Waals surface area contributed by atoms with Gasteiger partial charge in [-0.2, -0.15) is 0 Å². The smallest absolute Gasteiger partial charge is 0.226 e. The molecule has 0 fully saturated rings. The van der Waals surface area contributed by atoms with Gasteiger partial charge < -0.3 is 10.6 Å². The molecular formula is C18H18ClFN2O2. The summed E-state index contributed by atoms with van der Waals surface area (Å²) in [7, 11) is 0. The number of anilines is 1. The highest BCUT2D eigenvalue weighted by Crippen LogP contribution is 2.26. The van der Waals surface area contributed by atoms with Crippen LogP contribution < -0.4 is 10.6 Å². The first kappa shape index (κ1) is 17.9. The number of rotatable bonds is 5. The lowest BCUT2D eigenvalue weighted by Crippen LogP contribution is -2.30. The molecule has 126 valence electrons. The number of benzene rings is 2. The number of carbonyl (C=O) groups is 2. The molecule has 0 unspecified atom stereocenters. The van der Waals surface area contributed by atoms with Crippen LogP contribution in [-0.2, 0) is 9.59 Å². The van der Waals surface area contributed by atoms with Crippen molar-refractivity contribution in [2.75, 3.05) is 5.32 Å². The van der Waals surface area contributed by atoms with E-state index in [2.05, 4.69) is 10.6 Å². The van der Waals surface area contributed by atoms with Gasteiger partial charge in [-0.15, -0.1) is 0 Å². The van der Waals surface area contributed by atoms with E-state index in [9.17, 15) is 14.0 Å². The summed E-state index contributed by atoms with van der Waals surface area (Å²) in [6.07, 6.45) is 0.0140. The summed E-state index contributed by atoms with van der Waals surface area (Å²) in [4.78, 5) is 23.8. The second-order valence-corrected chi connectivity index (χ2v) is 5.89. The fourth-order valence-electron chi connectivity index (χ4n) is 2.40. The lowest BCUT2D eigenvalue weighted by Gasteiger charge is -2.19. The topological polar surface area (TPSA) is 58.2 Å². The Morgan fingerprint density at radius 3 is 2.54 bits per heavy atom. The highest BCUT2D eigenvalue weighted by molar-refractivity contribution is 6.31. The normalized spacial score (nSPS) is 11.7. The van der Waals surface area contributed by atoms with E-state index in [1.807, 2.05) is 0 Å². The molecule has 2 aromatic rings. The second-order valence-electron chi connectivity index (χ2n) is 5.49. The number of halogens is 2. The molecule has 4 nitrogen and oxygen atoms in total. The van der Waals surface area contributed by atoms with Gasteiger partial charge in [-0.05, 0) is 42.3 Å². The predicted octanol–water partition coefficient (Wildman–Crippen LogP) is 3.99. The molecule has 0 radical (unpaired) electrons. The van der Waals surface area contributed by atoms with Crippen molar-refractivity contribution in [2.24, 2.45) is 0 Å². The van der Waals surface area contributed by atoms with E-state index in [-0.39, 0.29) is 24.1 Å². The summed E-state index contributed by atoms with van der Waals surface area (Å²) in [6.45, 7) is 3.09. The third kappa shape index (κ3) is 4.80. The Labute approximate surface area is 145 Å². The van der Waals surface area contributed by atoms with Gasteiger partial charge in [-0.3, -0.25) is 9.59 Å². The van der Waals surface area contributed by atoms with Crippen molar-refractivity contribution in [2.45, 2.75) is 26.3 Å². The summed E-state index contributed by atoms with van der Waals surface area (Å²) in [5.41, 5.74) is 1.82. The Hall–Kier alpha value is -2.40. The molecule has 2 amide bonds. The van der Waals surface area contributed by atoms with Crippen LogP contribution in [0.3, 0.4) is 0 Å². The van der Waals surface area contributed by atoms with E-state index < -0.39 is 6.04 Å². The summed E-state index contributed by atoms with van der Waals surface area (Å²) >= 11 is 6.16. The van der Waals surface area contributed by atoms with Gasteiger partial charge in [0.2, 0.25) is 11.8 Å². The zero-order chi connectivity index (χ0) is 17.7. The zero-order valence-electron chi connectivity index (χ0n) is 13.4. The number of nitrogens with one attached hydrogen (secondary N) is 2. The SMILES string of the molecule is CC(=O)N[C@H](CC(=O)Nc1ccc(F)cc1C)c1ccccc1Cl. The van der Waals surface area contributed by atoms with Crippen molar-refractivity contribution in [1.82, 2.24) is 5.32 Å². The summed E-state index contributed by atoms with van der Waals surface area (Å²) in [5, 5.41) is 5.94. The molecule has 1 atom stereocenters. The second kappa shape index (κ2) is 7.93. The Bertz CT molecular complexity index is 764. The Kier molecular flexibility index (Phi) is 5.93. The summed E-state index contributed by atoms with van der Waals surface area (Å²) in [5.74, 6) is -0.924. The van der Waals surface area contributed by atoms with Gasteiger partial charge in [0.25, 0.3) is 0 Å². The number of carbonyl (C=O) groups excluding carboxylic acids is 2. The average molecular weight is 349 g/mol. The van der Waals surface area contributed by atoms with Crippen LogP contribution in [0.2, 0.25) is 5.02 Å². The highest BCUT2D eigenvalue weighted by Gasteiger charge is 2.19. The number of hydrogen-bond acceptors (Lipinski definition) is 2. The minimum absolute atomic E-state index is 0.0140. The van der Waals surface area contributed by atoms with Crippen molar-refractivity contribution >= 4 is 29.1 Å². The van der Waals surface area contributed by atoms with Crippen LogP contribution in [0.4, 0.5) is 10.1 Å². The molecular weight excluding hydrogens is 331 g/mol. The average Bonchev–Trinajstić information content (AvgIpc) is 2.49. The maximum Gasteiger partial charge on any atom is 0.226 e. The van der Waals surface area contributed by atoms with Crippen molar-refractivity contribution in [3.8, 4) is 0 Å². The van der Waals surface area contributed by atoms with E-state index in [0.29, 0.717) is 21.8 Å². The first-order valence-electron chi connectivity index (χ1n) is 7.44. The lowest BCUT2D eigenvalue weighted by atomic mass is 10.0. The Morgan fingerprint density at radius 1 is 1.21 bits per heavy atom. The maximum absolute atomic E-state index is 13.1. The van der Waals surface area contributed by atoms with Crippen molar-refractivity contribution in [3.63, 3.8) is 0 Å². The number of hydrogen-bond donors (Lipinski definition) is 2. The largest absolute Gasteiger partial charge is 0.349 e. The molecule has 0 aliphatic carbocycles. The van der Waals surface area contributed by atoms with Crippen LogP contribution >= 0.6 is 11.6 Å². The maximum atomic E-state index is 13.1. The van der Waals surface area contributed by atoms with Crippen molar-refractivity contribution in [3.05, 3.63) is 64.4 Å². The highest BCUT2D eigenvalue weighted by atomic mass is 35.5. The van der Waals surface area contributed by atoms with Gasteiger partial charge in [0.1, 0.15) is 5.82 Å². The van der Waals surface area contributed by atoms with Gasteiger partial charge in [0.15, 0.2) is 0 Å². The molecule has 0 bridgehead atoms. The molecule has 24 heavy (non-hydrogen) atoms. The van der Waals surface area contributed by atoms with Crippen LogP contribution in [0.15, 0.2) is 42.5 Å². The third-order valence-corrected chi connectivity index (χ3v) is 3.85. The van der Waals surface area contributed by atoms with Gasteiger partial charge >= 0.3 is 0 Å². The third-order valence-electron chi connectivity index (χ3n) is 3.51. The molecule has 0 aliphatic heterocycles. The molecule has 2 aromatic carbocycles. The van der Waals surface area contributed by atoms with Crippen LogP contribution in [0.5, 0.6) is 0 Å². The molecule has 2 rings (SSSR count). The monoisotopic (exact) mass is 348 g/mol. The summed E-state index contributed by atoms with van der Waals surface area (Å²) < 4.78 is 13.1. The Balaban J connectivity index is 2.15. The molecule has 0 aromatic heterocycles. The number of amides is 2.